The molecular weight excluding hydrogens is 304 g/mol. The van der Waals surface area contributed by atoms with Gasteiger partial charge in [0, 0.05) is 23.3 Å². The monoisotopic (exact) mass is 327 g/mol. The van der Waals surface area contributed by atoms with Gasteiger partial charge in [0.25, 0.3) is 0 Å². The van der Waals surface area contributed by atoms with E-state index in [4.69, 9.17) is 0 Å². The highest BCUT2D eigenvalue weighted by Gasteiger charge is 2.48. The Balaban J connectivity index is 1.79. The number of hydrogen-bond donors (Lipinski definition) is 1. The minimum atomic E-state index is -2.69. The maximum absolute atomic E-state index is 12.9. The molecule has 1 aliphatic heterocycles. The van der Waals surface area contributed by atoms with Crippen molar-refractivity contribution in [2.75, 3.05) is 6.54 Å². The molecule has 0 aromatic carbocycles. The molecule has 1 aromatic rings. The van der Waals surface area contributed by atoms with E-state index < -0.39 is 6.55 Å². The molecule has 3 rings (SSSR count). The van der Waals surface area contributed by atoms with Gasteiger partial charge in [0.15, 0.2) is 0 Å². The number of halogens is 2. The predicted octanol–water partition coefficient (Wildman–Crippen LogP) is 2.34. The Morgan fingerprint density at radius 1 is 1.43 bits per heavy atom. The van der Waals surface area contributed by atoms with E-state index >= 15 is 0 Å². The summed E-state index contributed by atoms with van der Waals surface area (Å²) in [5, 5.41) is 13.8. The fraction of sp³-hybridized carbons (Fsp3) is 0.750. The lowest BCUT2D eigenvalue weighted by molar-refractivity contribution is -0.148. The molecule has 7 heteroatoms. The first-order valence-corrected chi connectivity index (χ1v) is 8.15. The van der Waals surface area contributed by atoms with Crippen LogP contribution >= 0.6 is 0 Å². The quantitative estimate of drug-likeness (QED) is 0.927. The zero-order valence-corrected chi connectivity index (χ0v) is 13.6. The van der Waals surface area contributed by atoms with Crippen molar-refractivity contribution in [3.05, 3.63) is 17.0 Å². The zero-order chi connectivity index (χ0) is 16.8. The Kier molecular flexibility index (Phi) is 4.16. The van der Waals surface area contributed by atoms with Crippen molar-refractivity contribution in [1.82, 2.24) is 14.7 Å². The van der Waals surface area contributed by atoms with Crippen LogP contribution in [0, 0.1) is 13.8 Å². The van der Waals surface area contributed by atoms with Crippen LogP contribution in [0.5, 0.6) is 0 Å². The molecule has 128 valence electrons. The van der Waals surface area contributed by atoms with Crippen LogP contribution in [0.2, 0.25) is 0 Å². The van der Waals surface area contributed by atoms with Gasteiger partial charge in [-0.1, -0.05) is 0 Å². The Labute approximate surface area is 134 Å². The molecule has 2 heterocycles. The molecule has 1 saturated carbocycles. The summed E-state index contributed by atoms with van der Waals surface area (Å²) in [5.41, 5.74) is 1.22. The van der Waals surface area contributed by atoms with Gasteiger partial charge in [0.2, 0.25) is 5.91 Å². The first kappa shape index (κ1) is 16.4. The zero-order valence-electron chi connectivity index (χ0n) is 13.6. The average Bonchev–Trinajstić information content (AvgIpc) is 2.73. The van der Waals surface area contributed by atoms with Crippen molar-refractivity contribution < 1.29 is 18.7 Å². The number of nitrogens with zero attached hydrogens (tertiary/aromatic N) is 3. The molecule has 1 unspecified atom stereocenters. The number of carbonyl (C=O) groups excluding carboxylic acids is 1. The van der Waals surface area contributed by atoms with Crippen molar-refractivity contribution in [1.29, 1.82) is 0 Å². The number of hydrogen-bond acceptors (Lipinski definition) is 3. The Morgan fingerprint density at radius 2 is 2.13 bits per heavy atom. The molecule has 2 aliphatic rings. The SMILES string of the molecule is Cc1nn(C(F)F)c(C)c1CC(=O)N1CCC(O)CC12CCC2. The van der Waals surface area contributed by atoms with Gasteiger partial charge in [-0.2, -0.15) is 13.9 Å². The lowest BCUT2D eigenvalue weighted by Crippen LogP contribution is -2.61. The van der Waals surface area contributed by atoms with Crippen LogP contribution in [0.3, 0.4) is 0 Å². The summed E-state index contributed by atoms with van der Waals surface area (Å²) in [6.07, 6.45) is 3.88. The second-order valence-corrected chi connectivity index (χ2v) is 6.82. The number of aryl methyl sites for hydroxylation is 1. The molecule has 0 radical (unpaired) electrons. The van der Waals surface area contributed by atoms with Gasteiger partial charge < -0.3 is 10.0 Å². The van der Waals surface area contributed by atoms with Gasteiger partial charge in [-0.15, -0.1) is 0 Å². The number of rotatable bonds is 3. The first-order chi connectivity index (χ1) is 10.8. The van der Waals surface area contributed by atoms with Gasteiger partial charge in [-0.05, 0) is 46.0 Å². The standard InChI is InChI=1S/C16H23F2N3O2/c1-10-13(11(2)21(19-10)15(17)18)8-14(23)20-7-4-12(22)9-16(20)5-3-6-16/h12,15,22H,3-9H2,1-2H3. The van der Waals surface area contributed by atoms with Crippen LogP contribution < -0.4 is 0 Å². The molecule has 1 amide bonds. The number of likely N-dealkylation sites (tertiary alicyclic amines) is 1. The number of carbonyl (C=O) groups is 1. The number of aliphatic hydroxyl groups excluding tert-OH is 1. The minimum Gasteiger partial charge on any atom is -0.393 e. The molecular formula is C16H23F2N3O2. The van der Waals surface area contributed by atoms with Crippen molar-refractivity contribution in [3.8, 4) is 0 Å². The van der Waals surface area contributed by atoms with E-state index in [-0.39, 0.29) is 24.0 Å². The molecule has 1 spiro atoms. The van der Waals surface area contributed by atoms with E-state index in [0.717, 1.165) is 19.3 Å². The lowest BCUT2D eigenvalue weighted by atomic mass is 9.69. The van der Waals surface area contributed by atoms with Gasteiger partial charge >= 0.3 is 6.55 Å². The molecule has 1 saturated heterocycles. The predicted molar refractivity (Wildman–Crippen MR) is 80.2 cm³/mol. The van der Waals surface area contributed by atoms with Crippen LogP contribution in [-0.2, 0) is 11.2 Å². The summed E-state index contributed by atoms with van der Waals surface area (Å²) in [5.74, 6) is -0.0448. The maximum atomic E-state index is 12.9. The van der Waals surface area contributed by atoms with Crippen LogP contribution in [0.15, 0.2) is 0 Å². The summed E-state index contributed by atoms with van der Waals surface area (Å²) >= 11 is 0. The summed E-state index contributed by atoms with van der Waals surface area (Å²) in [6.45, 7) is 1.09. The van der Waals surface area contributed by atoms with Crippen LogP contribution in [0.25, 0.3) is 0 Å². The third kappa shape index (κ3) is 2.75. The highest BCUT2D eigenvalue weighted by atomic mass is 19.3. The van der Waals surface area contributed by atoms with E-state index in [1.807, 2.05) is 4.90 Å². The smallest absolute Gasteiger partial charge is 0.333 e. The van der Waals surface area contributed by atoms with Gasteiger partial charge in [0.1, 0.15) is 0 Å². The summed E-state index contributed by atoms with van der Waals surface area (Å²) in [4.78, 5) is 14.7. The largest absolute Gasteiger partial charge is 0.393 e. The van der Waals surface area contributed by atoms with Crippen molar-refractivity contribution in [3.63, 3.8) is 0 Å². The Morgan fingerprint density at radius 3 is 2.65 bits per heavy atom. The molecule has 2 fully saturated rings. The minimum absolute atomic E-state index is 0.0448. The highest BCUT2D eigenvalue weighted by Crippen LogP contribution is 2.44. The van der Waals surface area contributed by atoms with Gasteiger partial charge in [0.05, 0.1) is 18.2 Å². The van der Waals surface area contributed by atoms with Crippen LogP contribution in [0.1, 0.15) is 55.6 Å². The fourth-order valence-electron chi connectivity index (χ4n) is 4.00. The second-order valence-electron chi connectivity index (χ2n) is 6.82. The fourth-order valence-corrected chi connectivity index (χ4v) is 4.00. The highest BCUT2D eigenvalue weighted by molar-refractivity contribution is 5.80. The summed E-state index contributed by atoms with van der Waals surface area (Å²) < 4.78 is 26.5. The third-order valence-electron chi connectivity index (χ3n) is 5.45. The van der Waals surface area contributed by atoms with E-state index in [1.165, 1.54) is 0 Å². The van der Waals surface area contributed by atoms with E-state index in [9.17, 15) is 18.7 Å². The molecule has 5 nitrogen and oxygen atoms in total. The molecule has 1 N–H and O–H groups in total. The molecule has 1 aromatic heterocycles. The molecule has 1 aliphatic carbocycles. The number of aliphatic hydroxyl groups is 1. The van der Waals surface area contributed by atoms with Crippen LogP contribution in [0.4, 0.5) is 8.78 Å². The molecule has 1 atom stereocenters. The van der Waals surface area contributed by atoms with Gasteiger partial charge in [-0.3, -0.25) is 4.79 Å². The first-order valence-electron chi connectivity index (χ1n) is 8.15. The van der Waals surface area contributed by atoms with E-state index in [2.05, 4.69) is 5.10 Å². The van der Waals surface area contributed by atoms with Crippen molar-refractivity contribution in [2.24, 2.45) is 0 Å². The molecule has 23 heavy (non-hydrogen) atoms. The van der Waals surface area contributed by atoms with E-state index in [0.29, 0.717) is 41.0 Å². The van der Waals surface area contributed by atoms with Crippen molar-refractivity contribution in [2.45, 2.75) is 70.6 Å². The second kappa shape index (κ2) is 5.85. The average molecular weight is 327 g/mol. The number of aromatic nitrogens is 2. The van der Waals surface area contributed by atoms with E-state index in [1.54, 1.807) is 13.8 Å². The topological polar surface area (TPSA) is 58.4 Å². The summed E-state index contributed by atoms with van der Waals surface area (Å²) in [6, 6.07) is 0. The Hall–Kier alpha value is -1.50. The normalized spacial score (nSPS) is 23.4. The Bertz CT molecular complexity index is 611. The number of amides is 1. The van der Waals surface area contributed by atoms with Crippen LogP contribution in [-0.4, -0.2) is 43.9 Å². The van der Waals surface area contributed by atoms with Crippen molar-refractivity contribution >= 4 is 5.91 Å². The number of alkyl halides is 2. The van der Waals surface area contributed by atoms with Gasteiger partial charge in [-0.25, -0.2) is 4.68 Å². The lowest BCUT2D eigenvalue weighted by Gasteiger charge is -2.54. The summed E-state index contributed by atoms with van der Waals surface area (Å²) in [7, 11) is 0. The number of piperidine rings is 1. The third-order valence-corrected chi connectivity index (χ3v) is 5.45. The maximum Gasteiger partial charge on any atom is 0.333 e. The molecule has 0 bridgehead atoms.